The zero-order chi connectivity index (χ0) is 15.2. The van der Waals surface area contributed by atoms with E-state index in [1.165, 1.54) is 0 Å². The summed E-state index contributed by atoms with van der Waals surface area (Å²) in [6, 6.07) is 5.99. The van der Waals surface area contributed by atoms with E-state index in [1.54, 1.807) is 30.6 Å². The third kappa shape index (κ3) is 4.03. The first-order valence-electron chi connectivity index (χ1n) is 6.78. The molecule has 7 heteroatoms. The summed E-state index contributed by atoms with van der Waals surface area (Å²) >= 11 is 0. The number of carbonyl (C=O) groups excluding carboxylic acids is 1. The summed E-state index contributed by atoms with van der Waals surface area (Å²) in [6.45, 7) is 3.03. The van der Waals surface area contributed by atoms with Gasteiger partial charge in [0.05, 0.1) is 12.6 Å². The van der Waals surface area contributed by atoms with Gasteiger partial charge in [-0.05, 0) is 31.0 Å². The highest BCUT2D eigenvalue weighted by Gasteiger charge is 2.14. The minimum absolute atomic E-state index is 0.190. The first kappa shape index (κ1) is 15.0. The summed E-state index contributed by atoms with van der Waals surface area (Å²) < 4.78 is 1.85. The van der Waals surface area contributed by atoms with Gasteiger partial charge in [0.15, 0.2) is 5.82 Å². The molecule has 112 valence electrons. The SMILES string of the molecule is CCn1cnnc1CNC(=O)[C@H](N)Cc1ccc(O)cc1. The molecule has 0 aliphatic heterocycles. The fourth-order valence-electron chi connectivity index (χ4n) is 1.96. The van der Waals surface area contributed by atoms with Gasteiger partial charge in [0.2, 0.25) is 5.91 Å². The molecule has 2 rings (SSSR count). The average Bonchev–Trinajstić information content (AvgIpc) is 2.94. The van der Waals surface area contributed by atoms with Crippen LogP contribution in [-0.4, -0.2) is 31.8 Å². The standard InChI is InChI=1S/C14H19N5O2/c1-2-19-9-17-18-13(19)8-16-14(21)12(15)7-10-3-5-11(20)6-4-10/h3-6,9,12,20H,2,7-8,15H2,1H3,(H,16,21)/t12-/m1/s1. The van der Waals surface area contributed by atoms with Gasteiger partial charge < -0.3 is 20.7 Å². The van der Waals surface area contributed by atoms with E-state index < -0.39 is 6.04 Å². The van der Waals surface area contributed by atoms with Crippen LogP contribution in [0.2, 0.25) is 0 Å². The van der Waals surface area contributed by atoms with Crippen molar-refractivity contribution in [2.45, 2.75) is 32.5 Å². The molecule has 0 radical (unpaired) electrons. The topological polar surface area (TPSA) is 106 Å². The third-order valence-electron chi connectivity index (χ3n) is 3.19. The second-order valence-electron chi connectivity index (χ2n) is 4.73. The maximum Gasteiger partial charge on any atom is 0.237 e. The van der Waals surface area contributed by atoms with E-state index in [0.29, 0.717) is 18.8 Å². The Hall–Kier alpha value is -2.41. The number of nitrogens with one attached hydrogen (secondary N) is 1. The van der Waals surface area contributed by atoms with Crippen LogP contribution in [0.5, 0.6) is 5.75 Å². The molecular weight excluding hydrogens is 270 g/mol. The number of phenolic OH excluding ortho intramolecular Hbond substituents is 1. The summed E-state index contributed by atoms with van der Waals surface area (Å²) in [5.41, 5.74) is 6.78. The van der Waals surface area contributed by atoms with Crippen LogP contribution in [0, 0.1) is 0 Å². The highest BCUT2D eigenvalue weighted by atomic mass is 16.3. The molecule has 0 spiro atoms. The number of hydrogen-bond donors (Lipinski definition) is 3. The highest BCUT2D eigenvalue weighted by molar-refractivity contribution is 5.81. The normalized spacial score (nSPS) is 12.1. The van der Waals surface area contributed by atoms with Crippen molar-refractivity contribution in [3.8, 4) is 5.75 Å². The second kappa shape index (κ2) is 6.85. The Bertz CT molecular complexity index is 594. The number of phenols is 1. The van der Waals surface area contributed by atoms with Gasteiger partial charge in [-0.25, -0.2) is 0 Å². The first-order chi connectivity index (χ1) is 10.1. The zero-order valence-electron chi connectivity index (χ0n) is 11.9. The predicted octanol–water partition coefficient (Wildman–Crippen LogP) is 0.190. The van der Waals surface area contributed by atoms with Crippen LogP contribution in [0.3, 0.4) is 0 Å². The molecule has 1 aromatic carbocycles. The van der Waals surface area contributed by atoms with Crippen LogP contribution in [0.25, 0.3) is 0 Å². The van der Waals surface area contributed by atoms with E-state index in [4.69, 9.17) is 5.73 Å². The van der Waals surface area contributed by atoms with Crippen molar-refractivity contribution in [3.05, 3.63) is 42.0 Å². The van der Waals surface area contributed by atoms with E-state index in [1.807, 2.05) is 11.5 Å². The molecule has 0 saturated heterocycles. The quantitative estimate of drug-likeness (QED) is 0.704. The number of aromatic nitrogens is 3. The monoisotopic (exact) mass is 289 g/mol. The molecule has 0 bridgehead atoms. The lowest BCUT2D eigenvalue weighted by atomic mass is 10.1. The summed E-state index contributed by atoms with van der Waals surface area (Å²) in [5.74, 6) is 0.645. The molecule has 0 aliphatic carbocycles. The Morgan fingerprint density at radius 1 is 1.43 bits per heavy atom. The van der Waals surface area contributed by atoms with Crippen molar-refractivity contribution in [1.29, 1.82) is 0 Å². The number of amides is 1. The van der Waals surface area contributed by atoms with Crippen molar-refractivity contribution < 1.29 is 9.90 Å². The van der Waals surface area contributed by atoms with Crippen molar-refractivity contribution >= 4 is 5.91 Å². The van der Waals surface area contributed by atoms with Crippen LogP contribution in [0.15, 0.2) is 30.6 Å². The average molecular weight is 289 g/mol. The molecule has 0 fully saturated rings. The van der Waals surface area contributed by atoms with Gasteiger partial charge in [-0.3, -0.25) is 4.79 Å². The number of aryl methyl sites for hydroxylation is 1. The Kier molecular flexibility index (Phi) is 4.89. The van der Waals surface area contributed by atoms with Gasteiger partial charge in [0.1, 0.15) is 12.1 Å². The van der Waals surface area contributed by atoms with Gasteiger partial charge in [-0.1, -0.05) is 12.1 Å². The lowest BCUT2D eigenvalue weighted by molar-refractivity contribution is -0.122. The predicted molar refractivity (Wildman–Crippen MR) is 77.3 cm³/mol. The third-order valence-corrected chi connectivity index (χ3v) is 3.19. The van der Waals surface area contributed by atoms with E-state index in [2.05, 4.69) is 15.5 Å². The highest BCUT2D eigenvalue weighted by Crippen LogP contribution is 2.10. The van der Waals surface area contributed by atoms with Gasteiger partial charge >= 0.3 is 0 Å². The molecule has 1 atom stereocenters. The van der Waals surface area contributed by atoms with E-state index in [-0.39, 0.29) is 11.7 Å². The number of aromatic hydroxyl groups is 1. The second-order valence-corrected chi connectivity index (χ2v) is 4.73. The molecule has 0 saturated carbocycles. The van der Waals surface area contributed by atoms with Crippen molar-refractivity contribution in [1.82, 2.24) is 20.1 Å². The fraction of sp³-hybridized carbons (Fsp3) is 0.357. The molecule has 1 aromatic heterocycles. The number of carbonyl (C=O) groups is 1. The number of hydrogen-bond acceptors (Lipinski definition) is 5. The smallest absolute Gasteiger partial charge is 0.237 e. The number of nitrogens with two attached hydrogens (primary N) is 1. The zero-order valence-corrected chi connectivity index (χ0v) is 11.9. The van der Waals surface area contributed by atoms with Crippen LogP contribution < -0.4 is 11.1 Å². The summed E-state index contributed by atoms with van der Waals surface area (Å²) in [5, 5.41) is 19.7. The van der Waals surface area contributed by atoms with Gasteiger partial charge in [-0.2, -0.15) is 0 Å². The molecule has 1 heterocycles. The minimum atomic E-state index is -0.646. The van der Waals surface area contributed by atoms with Gasteiger partial charge in [0, 0.05) is 6.54 Å². The van der Waals surface area contributed by atoms with E-state index in [9.17, 15) is 9.90 Å². The lowest BCUT2D eigenvalue weighted by Crippen LogP contribution is -2.42. The molecule has 7 nitrogen and oxygen atoms in total. The largest absolute Gasteiger partial charge is 0.508 e. The van der Waals surface area contributed by atoms with Crippen LogP contribution in [0.4, 0.5) is 0 Å². The Balaban J connectivity index is 1.86. The van der Waals surface area contributed by atoms with Crippen LogP contribution >= 0.6 is 0 Å². The van der Waals surface area contributed by atoms with Gasteiger partial charge in [0.25, 0.3) is 0 Å². The molecule has 21 heavy (non-hydrogen) atoms. The van der Waals surface area contributed by atoms with E-state index >= 15 is 0 Å². The van der Waals surface area contributed by atoms with Crippen molar-refractivity contribution in [3.63, 3.8) is 0 Å². The summed E-state index contributed by atoms with van der Waals surface area (Å²) in [4.78, 5) is 12.0. The molecule has 2 aromatic rings. The van der Waals surface area contributed by atoms with Crippen LogP contribution in [0.1, 0.15) is 18.3 Å². The molecule has 4 N–H and O–H groups in total. The Morgan fingerprint density at radius 2 is 2.14 bits per heavy atom. The lowest BCUT2D eigenvalue weighted by Gasteiger charge is -2.12. The number of rotatable bonds is 6. The van der Waals surface area contributed by atoms with Crippen molar-refractivity contribution in [2.24, 2.45) is 5.73 Å². The number of benzene rings is 1. The van der Waals surface area contributed by atoms with Crippen LogP contribution in [-0.2, 0) is 24.3 Å². The first-order valence-corrected chi connectivity index (χ1v) is 6.78. The fourth-order valence-corrected chi connectivity index (χ4v) is 1.96. The van der Waals surface area contributed by atoms with Gasteiger partial charge in [-0.15, -0.1) is 10.2 Å². The molecule has 0 aliphatic rings. The summed E-state index contributed by atoms with van der Waals surface area (Å²) in [6.07, 6.45) is 2.03. The number of nitrogens with zero attached hydrogens (tertiary/aromatic N) is 3. The minimum Gasteiger partial charge on any atom is -0.508 e. The Labute approximate surface area is 122 Å². The molecular formula is C14H19N5O2. The molecule has 0 unspecified atom stereocenters. The maximum atomic E-state index is 12.0. The summed E-state index contributed by atoms with van der Waals surface area (Å²) in [7, 11) is 0. The Morgan fingerprint density at radius 3 is 2.81 bits per heavy atom. The van der Waals surface area contributed by atoms with E-state index in [0.717, 1.165) is 12.1 Å². The van der Waals surface area contributed by atoms with Crippen molar-refractivity contribution in [2.75, 3.05) is 0 Å². The molecule has 1 amide bonds. The maximum absolute atomic E-state index is 12.0.